The molecule has 0 aliphatic rings. The average Bonchev–Trinajstić information content (AvgIpc) is 2.31. The molecule has 0 aliphatic carbocycles. The highest BCUT2D eigenvalue weighted by Gasteiger charge is 2.10. The van der Waals surface area contributed by atoms with Crippen molar-refractivity contribution in [2.75, 3.05) is 24.2 Å². The van der Waals surface area contributed by atoms with E-state index in [1.165, 1.54) is 0 Å². The molecule has 0 aromatic carbocycles. The maximum atomic E-state index is 9.02. The normalized spacial score (nSPS) is 12.5. The number of thioether (sulfide) groups is 1. The largest absolute Gasteiger partial charge is 0.396 e. The maximum Gasteiger partial charge on any atom is 0.133 e. The molecule has 1 atom stereocenters. The second-order valence-corrected chi connectivity index (χ2v) is 5.19. The summed E-state index contributed by atoms with van der Waals surface area (Å²) in [5, 5.41) is 13.3. The Morgan fingerprint density at radius 2 is 2.06 bits per heavy atom. The Morgan fingerprint density at radius 1 is 1.35 bits per heavy atom. The number of anilines is 1. The third kappa shape index (κ3) is 4.16. The Balaban J connectivity index is 2.83. The van der Waals surface area contributed by atoms with Gasteiger partial charge in [0.05, 0.1) is 0 Å². The van der Waals surface area contributed by atoms with E-state index in [1.807, 2.05) is 20.8 Å². The lowest BCUT2D eigenvalue weighted by atomic mass is 10.2. The van der Waals surface area contributed by atoms with Crippen LogP contribution in [0.3, 0.4) is 0 Å². The summed E-state index contributed by atoms with van der Waals surface area (Å²) in [6, 6.07) is 0. The molecule has 0 radical (unpaired) electrons. The Hall–Kier alpha value is -0.810. The highest BCUT2D eigenvalue weighted by molar-refractivity contribution is 7.99. The van der Waals surface area contributed by atoms with Crippen molar-refractivity contribution >= 4 is 17.6 Å². The van der Waals surface area contributed by atoms with Gasteiger partial charge in [-0.15, -0.1) is 11.8 Å². The van der Waals surface area contributed by atoms with Crippen molar-refractivity contribution < 1.29 is 5.11 Å². The van der Waals surface area contributed by atoms with E-state index in [4.69, 9.17) is 5.11 Å². The van der Waals surface area contributed by atoms with Crippen molar-refractivity contribution in [2.24, 2.45) is 5.92 Å². The number of hydrogen-bond donors (Lipinski definition) is 2. The summed E-state index contributed by atoms with van der Waals surface area (Å²) in [6.07, 6.45) is 0. The highest BCUT2D eigenvalue weighted by atomic mass is 32.2. The van der Waals surface area contributed by atoms with Crippen LogP contribution in [0.2, 0.25) is 0 Å². The molecule has 2 N–H and O–H groups in total. The molecular weight excluding hydrogens is 234 g/mol. The van der Waals surface area contributed by atoms with Crippen LogP contribution >= 0.6 is 11.8 Å². The molecule has 96 valence electrons. The third-order valence-electron chi connectivity index (χ3n) is 2.37. The molecule has 0 spiro atoms. The Labute approximate surface area is 107 Å². The minimum atomic E-state index is 0.218. The first-order valence-corrected chi connectivity index (χ1v) is 6.89. The van der Waals surface area contributed by atoms with Gasteiger partial charge in [0.1, 0.15) is 16.7 Å². The van der Waals surface area contributed by atoms with Gasteiger partial charge >= 0.3 is 0 Å². The van der Waals surface area contributed by atoms with E-state index in [1.54, 1.807) is 11.8 Å². The highest BCUT2D eigenvalue weighted by Crippen LogP contribution is 2.26. The topological polar surface area (TPSA) is 58.0 Å². The van der Waals surface area contributed by atoms with Crippen LogP contribution in [-0.2, 0) is 0 Å². The molecule has 1 aromatic rings. The lowest BCUT2D eigenvalue weighted by Crippen LogP contribution is -2.08. The molecule has 1 rings (SSSR count). The standard InChI is InChI=1S/C12H21N3OS/c1-5-13-11-9(3)12(15-10(4)14-11)17-7-8(2)6-16/h8,16H,5-7H2,1-4H3,(H,13,14,15). The van der Waals surface area contributed by atoms with Crippen molar-refractivity contribution in [3.8, 4) is 0 Å². The summed E-state index contributed by atoms with van der Waals surface area (Å²) in [4.78, 5) is 8.84. The van der Waals surface area contributed by atoms with Gasteiger partial charge in [0.25, 0.3) is 0 Å². The second-order valence-electron chi connectivity index (χ2n) is 4.18. The van der Waals surface area contributed by atoms with Gasteiger partial charge in [0.2, 0.25) is 0 Å². The predicted octanol–water partition coefficient (Wildman–Crippen LogP) is 2.25. The Bertz CT molecular complexity index is 371. The molecule has 17 heavy (non-hydrogen) atoms. The molecule has 1 unspecified atom stereocenters. The second kappa shape index (κ2) is 6.81. The molecule has 0 saturated heterocycles. The van der Waals surface area contributed by atoms with Crippen LogP contribution in [0.5, 0.6) is 0 Å². The van der Waals surface area contributed by atoms with Gasteiger partial charge < -0.3 is 10.4 Å². The van der Waals surface area contributed by atoms with Crippen molar-refractivity contribution in [3.63, 3.8) is 0 Å². The van der Waals surface area contributed by atoms with Gasteiger partial charge in [0.15, 0.2) is 0 Å². The lowest BCUT2D eigenvalue weighted by molar-refractivity contribution is 0.250. The molecule has 0 saturated carbocycles. The Morgan fingerprint density at radius 3 is 2.65 bits per heavy atom. The fourth-order valence-corrected chi connectivity index (χ4v) is 2.41. The van der Waals surface area contributed by atoms with Crippen LogP contribution in [0.25, 0.3) is 0 Å². The van der Waals surface area contributed by atoms with Gasteiger partial charge in [-0.2, -0.15) is 0 Å². The minimum Gasteiger partial charge on any atom is -0.396 e. The molecule has 0 amide bonds. The van der Waals surface area contributed by atoms with Crippen LogP contribution in [0.15, 0.2) is 5.03 Å². The fourth-order valence-electron chi connectivity index (χ4n) is 1.36. The Kier molecular flexibility index (Phi) is 5.71. The number of aromatic nitrogens is 2. The summed E-state index contributed by atoms with van der Waals surface area (Å²) in [6.45, 7) is 9.09. The SMILES string of the molecule is CCNc1nc(C)nc(SCC(C)CO)c1C. The third-order valence-corrected chi connectivity index (χ3v) is 3.78. The van der Waals surface area contributed by atoms with Crippen molar-refractivity contribution in [2.45, 2.75) is 32.7 Å². The number of aliphatic hydroxyl groups is 1. The molecule has 0 bridgehead atoms. The summed E-state index contributed by atoms with van der Waals surface area (Å²) >= 11 is 1.68. The molecule has 4 nitrogen and oxygen atoms in total. The number of aryl methyl sites for hydroxylation is 1. The summed E-state index contributed by atoms with van der Waals surface area (Å²) in [5.41, 5.74) is 1.09. The van der Waals surface area contributed by atoms with E-state index in [0.717, 1.165) is 34.5 Å². The van der Waals surface area contributed by atoms with Crippen molar-refractivity contribution in [3.05, 3.63) is 11.4 Å². The quantitative estimate of drug-likeness (QED) is 0.603. The van der Waals surface area contributed by atoms with E-state index in [-0.39, 0.29) is 12.5 Å². The van der Waals surface area contributed by atoms with Gasteiger partial charge in [-0.05, 0) is 26.7 Å². The zero-order chi connectivity index (χ0) is 12.8. The fraction of sp³-hybridized carbons (Fsp3) is 0.667. The van der Waals surface area contributed by atoms with Gasteiger partial charge in [0, 0.05) is 24.5 Å². The van der Waals surface area contributed by atoms with E-state index in [9.17, 15) is 0 Å². The predicted molar refractivity (Wildman–Crippen MR) is 72.6 cm³/mol. The summed E-state index contributed by atoms with van der Waals surface area (Å²) < 4.78 is 0. The van der Waals surface area contributed by atoms with Crippen LogP contribution in [0.1, 0.15) is 25.2 Å². The van der Waals surface area contributed by atoms with Crippen molar-refractivity contribution in [1.82, 2.24) is 9.97 Å². The maximum absolute atomic E-state index is 9.02. The van der Waals surface area contributed by atoms with Crippen LogP contribution in [0.4, 0.5) is 5.82 Å². The molecule has 1 aromatic heterocycles. The zero-order valence-corrected chi connectivity index (χ0v) is 11.8. The first kappa shape index (κ1) is 14.3. The first-order valence-electron chi connectivity index (χ1n) is 5.91. The lowest BCUT2D eigenvalue weighted by Gasteiger charge is -2.13. The first-order chi connectivity index (χ1) is 8.08. The number of hydrogen-bond acceptors (Lipinski definition) is 5. The van der Waals surface area contributed by atoms with E-state index >= 15 is 0 Å². The smallest absolute Gasteiger partial charge is 0.133 e. The number of nitrogens with zero attached hydrogens (tertiary/aromatic N) is 2. The zero-order valence-electron chi connectivity index (χ0n) is 10.9. The van der Waals surface area contributed by atoms with Gasteiger partial charge in [-0.1, -0.05) is 6.92 Å². The van der Waals surface area contributed by atoms with Gasteiger partial charge in [-0.3, -0.25) is 0 Å². The van der Waals surface area contributed by atoms with Gasteiger partial charge in [-0.25, -0.2) is 9.97 Å². The number of aliphatic hydroxyl groups excluding tert-OH is 1. The van der Waals surface area contributed by atoms with E-state index in [0.29, 0.717) is 0 Å². The van der Waals surface area contributed by atoms with Crippen LogP contribution < -0.4 is 5.32 Å². The molecule has 0 fully saturated rings. The molecule has 1 heterocycles. The monoisotopic (exact) mass is 255 g/mol. The number of nitrogens with one attached hydrogen (secondary N) is 1. The molecule has 0 aliphatic heterocycles. The van der Waals surface area contributed by atoms with Crippen LogP contribution in [0, 0.1) is 19.8 Å². The van der Waals surface area contributed by atoms with Crippen LogP contribution in [-0.4, -0.2) is 34.0 Å². The van der Waals surface area contributed by atoms with E-state index in [2.05, 4.69) is 22.2 Å². The van der Waals surface area contributed by atoms with E-state index < -0.39 is 0 Å². The number of rotatable bonds is 6. The summed E-state index contributed by atoms with van der Waals surface area (Å²) in [7, 11) is 0. The molecule has 5 heteroatoms. The molecular formula is C12H21N3OS. The minimum absolute atomic E-state index is 0.218. The van der Waals surface area contributed by atoms with Crippen molar-refractivity contribution in [1.29, 1.82) is 0 Å². The average molecular weight is 255 g/mol. The summed E-state index contributed by atoms with van der Waals surface area (Å²) in [5.74, 6) is 2.86.